The zero-order valence-corrected chi connectivity index (χ0v) is 16.1. The number of carbonyl (C=O) groups is 1. The lowest BCUT2D eigenvalue weighted by Crippen LogP contribution is -2.45. The van der Waals surface area contributed by atoms with E-state index < -0.39 is 5.60 Å². The normalized spacial score (nSPS) is 14.4. The van der Waals surface area contributed by atoms with Crippen molar-refractivity contribution in [2.24, 2.45) is 0 Å². The number of methoxy groups -OCH3 is 4. The smallest absolute Gasteiger partial charge is 0.251 e. The van der Waals surface area contributed by atoms with E-state index in [1.165, 1.54) is 32.5 Å². The standard InChI is InChI=1S/C21H25NO5/c1-24-17-9-16(10-18(25-2)19(17)26-3)20(23)22-13-21(27-4)11-14-7-5-6-8-15(14)12-21/h5-10H,11-13H2,1-4H3,(H,22,23). The Bertz CT molecular complexity index is 783. The van der Waals surface area contributed by atoms with Gasteiger partial charge in [0.25, 0.3) is 5.91 Å². The molecule has 0 unspecified atom stereocenters. The molecule has 6 heteroatoms. The van der Waals surface area contributed by atoms with E-state index >= 15 is 0 Å². The van der Waals surface area contributed by atoms with Crippen molar-refractivity contribution in [1.29, 1.82) is 0 Å². The molecule has 144 valence electrons. The van der Waals surface area contributed by atoms with Crippen LogP contribution in [-0.4, -0.2) is 46.5 Å². The van der Waals surface area contributed by atoms with Crippen molar-refractivity contribution in [2.45, 2.75) is 18.4 Å². The Morgan fingerprint density at radius 2 is 1.52 bits per heavy atom. The molecule has 0 atom stereocenters. The summed E-state index contributed by atoms with van der Waals surface area (Å²) in [6.45, 7) is 0.410. The van der Waals surface area contributed by atoms with Crippen LogP contribution in [0.15, 0.2) is 36.4 Å². The van der Waals surface area contributed by atoms with E-state index in [4.69, 9.17) is 18.9 Å². The van der Waals surface area contributed by atoms with E-state index in [0.29, 0.717) is 29.4 Å². The first-order valence-electron chi connectivity index (χ1n) is 8.76. The summed E-state index contributed by atoms with van der Waals surface area (Å²) < 4.78 is 21.8. The molecule has 0 saturated heterocycles. The van der Waals surface area contributed by atoms with Crippen LogP contribution in [0.2, 0.25) is 0 Å². The van der Waals surface area contributed by atoms with E-state index in [1.54, 1.807) is 19.2 Å². The molecule has 0 aliphatic heterocycles. The molecule has 0 heterocycles. The third kappa shape index (κ3) is 3.71. The van der Waals surface area contributed by atoms with E-state index in [9.17, 15) is 4.79 Å². The van der Waals surface area contributed by atoms with Crippen LogP contribution in [0.3, 0.4) is 0 Å². The summed E-state index contributed by atoms with van der Waals surface area (Å²) in [5, 5.41) is 2.99. The first-order chi connectivity index (χ1) is 13.1. The summed E-state index contributed by atoms with van der Waals surface area (Å²) in [5.41, 5.74) is 2.54. The van der Waals surface area contributed by atoms with Gasteiger partial charge in [0.05, 0.1) is 26.9 Å². The molecule has 1 aliphatic carbocycles. The molecule has 27 heavy (non-hydrogen) atoms. The molecule has 0 fully saturated rings. The van der Waals surface area contributed by atoms with Crippen LogP contribution in [0.5, 0.6) is 17.2 Å². The lowest BCUT2D eigenvalue weighted by molar-refractivity contribution is 0.000174. The minimum atomic E-state index is -0.431. The predicted octanol–water partition coefficient (Wildman–Crippen LogP) is 2.63. The van der Waals surface area contributed by atoms with Gasteiger partial charge in [-0.15, -0.1) is 0 Å². The van der Waals surface area contributed by atoms with Crippen LogP contribution in [0.25, 0.3) is 0 Å². The van der Waals surface area contributed by atoms with Crippen molar-refractivity contribution in [3.8, 4) is 17.2 Å². The molecule has 0 spiro atoms. The number of ether oxygens (including phenoxy) is 4. The number of hydrogen-bond acceptors (Lipinski definition) is 5. The number of nitrogens with one attached hydrogen (secondary N) is 1. The van der Waals surface area contributed by atoms with Gasteiger partial charge in [-0.05, 0) is 23.3 Å². The van der Waals surface area contributed by atoms with Gasteiger partial charge in [-0.1, -0.05) is 24.3 Å². The summed E-state index contributed by atoms with van der Waals surface area (Å²) in [6, 6.07) is 11.5. The number of hydrogen-bond donors (Lipinski definition) is 1. The van der Waals surface area contributed by atoms with Gasteiger partial charge >= 0.3 is 0 Å². The monoisotopic (exact) mass is 371 g/mol. The maximum atomic E-state index is 12.7. The fraction of sp³-hybridized carbons (Fsp3) is 0.381. The fourth-order valence-corrected chi connectivity index (χ4v) is 3.56. The van der Waals surface area contributed by atoms with Crippen molar-refractivity contribution in [1.82, 2.24) is 5.32 Å². The highest BCUT2D eigenvalue weighted by molar-refractivity contribution is 5.95. The maximum absolute atomic E-state index is 12.7. The maximum Gasteiger partial charge on any atom is 0.251 e. The topological polar surface area (TPSA) is 66.0 Å². The molecule has 1 aliphatic rings. The van der Waals surface area contributed by atoms with Gasteiger partial charge in [-0.2, -0.15) is 0 Å². The molecule has 6 nitrogen and oxygen atoms in total. The minimum absolute atomic E-state index is 0.221. The molecule has 2 aromatic carbocycles. The Morgan fingerprint density at radius 1 is 0.963 bits per heavy atom. The average Bonchev–Trinajstić information content (AvgIpc) is 3.10. The average molecular weight is 371 g/mol. The Kier molecular flexibility index (Phi) is 5.56. The number of carbonyl (C=O) groups excluding carboxylic acids is 1. The van der Waals surface area contributed by atoms with Gasteiger partial charge in [0.1, 0.15) is 0 Å². The van der Waals surface area contributed by atoms with Crippen molar-refractivity contribution in [3.63, 3.8) is 0 Å². The lowest BCUT2D eigenvalue weighted by Gasteiger charge is -2.28. The molecule has 1 amide bonds. The summed E-state index contributed by atoms with van der Waals surface area (Å²) >= 11 is 0. The molecular formula is C21H25NO5. The van der Waals surface area contributed by atoms with Crippen LogP contribution >= 0.6 is 0 Å². The Labute approximate surface area is 159 Å². The highest BCUT2D eigenvalue weighted by atomic mass is 16.5. The van der Waals surface area contributed by atoms with Gasteiger partial charge in [-0.25, -0.2) is 0 Å². The third-order valence-corrected chi connectivity index (χ3v) is 5.07. The molecular weight excluding hydrogens is 346 g/mol. The number of rotatable bonds is 7. The number of amides is 1. The van der Waals surface area contributed by atoms with E-state index in [0.717, 1.165) is 12.8 Å². The van der Waals surface area contributed by atoms with Crippen LogP contribution in [0.1, 0.15) is 21.5 Å². The molecule has 0 saturated carbocycles. The summed E-state index contributed by atoms with van der Waals surface area (Å²) in [6.07, 6.45) is 1.55. The highest BCUT2D eigenvalue weighted by Crippen LogP contribution is 2.38. The first-order valence-corrected chi connectivity index (χ1v) is 8.76. The minimum Gasteiger partial charge on any atom is -0.493 e. The predicted molar refractivity (Wildman–Crippen MR) is 102 cm³/mol. The lowest BCUT2D eigenvalue weighted by atomic mass is 10.00. The number of benzene rings is 2. The largest absolute Gasteiger partial charge is 0.493 e. The fourth-order valence-electron chi connectivity index (χ4n) is 3.56. The Morgan fingerprint density at radius 3 is 1.96 bits per heavy atom. The first kappa shape index (κ1) is 19.0. The van der Waals surface area contributed by atoms with E-state index in [2.05, 4.69) is 17.4 Å². The second kappa shape index (κ2) is 7.88. The third-order valence-electron chi connectivity index (χ3n) is 5.07. The molecule has 1 N–H and O–H groups in total. The van der Waals surface area contributed by atoms with Crippen LogP contribution < -0.4 is 19.5 Å². The van der Waals surface area contributed by atoms with Gasteiger partial charge < -0.3 is 24.3 Å². The number of fused-ring (bicyclic) bond motifs is 1. The quantitative estimate of drug-likeness (QED) is 0.811. The summed E-state index contributed by atoms with van der Waals surface area (Å²) in [4.78, 5) is 12.7. The van der Waals surface area contributed by atoms with Gasteiger partial charge in [0, 0.05) is 32.1 Å². The molecule has 3 rings (SSSR count). The molecule has 0 radical (unpaired) electrons. The SMILES string of the molecule is COc1cc(C(=O)NCC2(OC)Cc3ccccc3C2)cc(OC)c1OC. The van der Waals surface area contributed by atoms with Crippen LogP contribution in [0, 0.1) is 0 Å². The zero-order valence-electron chi connectivity index (χ0n) is 16.1. The van der Waals surface area contributed by atoms with E-state index in [-0.39, 0.29) is 5.91 Å². The molecule has 0 aromatic heterocycles. The van der Waals surface area contributed by atoms with Crippen molar-refractivity contribution < 1.29 is 23.7 Å². The highest BCUT2D eigenvalue weighted by Gasteiger charge is 2.37. The zero-order chi connectivity index (χ0) is 19.4. The Hall–Kier alpha value is -2.73. The van der Waals surface area contributed by atoms with Gasteiger partial charge in [0.2, 0.25) is 5.75 Å². The van der Waals surface area contributed by atoms with Crippen molar-refractivity contribution in [2.75, 3.05) is 35.0 Å². The second-order valence-corrected chi connectivity index (χ2v) is 6.61. The van der Waals surface area contributed by atoms with Crippen LogP contribution in [-0.2, 0) is 17.6 Å². The summed E-state index contributed by atoms with van der Waals surface area (Å²) in [5.74, 6) is 1.12. The molecule has 2 aromatic rings. The second-order valence-electron chi connectivity index (χ2n) is 6.61. The van der Waals surface area contributed by atoms with Crippen LogP contribution in [0.4, 0.5) is 0 Å². The van der Waals surface area contributed by atoms with E-state index in [1.807, 2.05) is 12.1 Å². The van der Waals surface area contributed by atoms with Gasteiger partial charge in [-0.3, -0.25) is 4.79 Å². The van der Waals surface area contributed by atoms with Crippen molar-refractivity contribution >= 4 is 5.91 Å². The molecule has 0 bridgehead atoms. The van der Waals surface area contributed by atoms with Gasteiger partial charge in [0.15, 0.2) is 11.5 Å². The Balaban J connectivity index is 1.76. The van der Waals surface area contributed by atoms with Crippen molar-refractivity contribution in [3.05, 3.63) is 53.1 Å². The summed E-state index contributed by atoms with van der Waals surface area (Å²) in [7, 11) is 6.26.